The highest BCUT2D eigenvalue weighted by molar-refractivity contribution is 9.09. The molecule has 0 spiro atoms. The van der Waals surface area contributed by atoms with Crippen molar-refractivity contribution in [3.63, 3.8) is 0 Å². The van der Waals surface area contributed by atoms with Crippen molar-refractivity contribution in [3.8, 4) is 0 Å². The fraction of sp³-hybridized carbons (Fsp3) is 0.538. The van der Waals surface area contributed by atoms with Gasteiger partial charge in [-0.15, -0.1) is 0 Å². The zero-order valence-electron chi connectivity index (χ0n) is 11.2. The lowest BCUT2D eigenvalue weighted by Gasteiger charge is -2.25. The van der Waals surface area contributed by atoms with E-state index in [-0.39, 0.29) is 10.6 Å². The van der Waals surface area contributed by atoms with Gasteiger partial charge >= 0.3 is 0 Å². The fourth-order valence-corrected chi connectivity index (χ4v) is 3.93. The van der Waals surface area contributed by atoms with Crippen LogP contribution in [0.5, 0.6) is 0 Å². The molecule has 114 valence electrons. The lowest BCUT2D eigenvalue weighted by molar-refractivity contribution is 0.155. The zero-order valence-corrected chi connectivity index (χ0v) is 13.6. The van der Waals surface area contributed by atoms with Gasteiger partial charge in [-0.3, -0.25) is 0 Å². The van der Waals surface area contributed by atoms with Crippen LogP contribution in [0.2, 0.25) is 0 Å². The van der Waals surface area contributed by atoms with Crippen LogP contribution in [0.15, 0.2) is 29.2 Å². The van der Waals surface area contributed by atoms with Crippen molar-refractivity contribution in [2.45, 2.75) is 24.7 Å². The molecule has 0 atom stereocenters. The molecule has 0 N–H and O–H groups in total. The predicted molar refractivity (Wildman–Crippen MR) is 80.8 cm³/mol. The standard InChI is InChI=1S/C13H18BrF2NO2S/c1-2-9-20(18,19)12-6-4-3-5-11(12)17(8-7-14)10-13(15)16/h3-6,13H,2,7-10H2,1H3. The summed E-state index contributed by atoms with van der Waals surface area (Å²) < 4.78 is 49.8. The molecule has 7 heteroatoms. The number of sulfone groups is 1. The number of rotatable bonds is 8. The van der Waals surface area contributed by atoms with Crippen LogP contribution in [0.4, 0.5) is 14.5 Å². The van der Waals surface area contributed by atoms with Crippen molar-refractivity contribution in [1.29, 1.82) is 0 Å². The second-order valence-corrected chi connectivity index (χ2v) is 7.18. The first-order valence-corrected chi connectivity index (χ1v) is 9.10. The number of para-hydroxylation sites is 1. The minimum absolute atomic E-state index is 0.0147. The number of anilines is 1. The zero-order chi connectivity index (χ0) is 15.2. The number of benzene rings is 1. The Morgan fingerprint density at radius 1 is 1.30 bits per heavy atom. The van der Waals surface area contributed by atoms with Gasteiger partial charge in [0.1, 0.15) is 0 Å². The van der Waals surface area contributed by atoms with Gasteiger partial charge in [0.15, 0.2) is 9.84 Å². The van der Waals surface area contributed by atoms with Crippen molar-refractivity contribution in [2.24, 2.45) is 0 Å². The number of hydrogen-bond acceptors (Lipinski definition) is 3. The first-order chi connectivity index (χ1) is 9.42. The smallest absolute Gasteiger partial charge is 0.255 e. The summed E-state index contributed by atoms with van der Waals surface area (Å²) in [5, 5.41) is 0.488. The molecule has 0 unspecified atom stereocenters. The van der Waals surface area contributed by atoms with Crippen LogP contribution in [0.3, 0.4) is 0 Å². The SMILES string of the molecule is CCCS(=O)(=O)c1ccccc1N(CCBr)CC(F)F. The molecule has 0 bridgehead atoms. The Bertz CT molecular complexity index is 523. The Kier molecular flexibility index (Phi) is 6.88. The third-order valence-electron chi connectivity index (χ3n) is 2.73. The first-order valence-electron chi connectivity index (χ1n) is 6.33. The van der Waals surface area contributed by atoms with Crippen molar-refractivity contribution >= 4 is 31.5 Å². The van der Waals surface area contributed by atoms with Crippen LogP contribution in [0.25, 0.3) is 0 Å². The van der Waals surface area contributed by atoms with Gasteiger partial charge in [0.2, 0.25) is 0 Å². The maximum absolute atomic E-state index is 12.7. The van der Waals surface area contributed by atoms with Gasteiger partial charge in [-0.1, -0.05) is 35.0 Å². The Hall–Kier alpha value is -0.690. The van der Waals surface area contributed by atoms with Gasteiger partial charge in [-0.05, 0) is 18.6 Å². The molecule has 1 aromatic rings. The molecule has 0 aliphatic carbocycles. The molecule has 0 fully saturated rings. The Labute approximate surface area is 127 Å². The van der Waals surface area contributed by atoms with Crippen LogP contribution in [-0.4, -0.2) is 39.0 Å². The minimum atomic E-state index is -3.44. The summed E-state index contributed by atoms with van der Waals surface area (Å²) in [5.74, 6) is 0.0147. The van der Waals surface area contributed by atoms with E-state index in [0.717, 1.165) is 0 Å². The third kappa shape index (κ3) is 4.70. The van der Waals surface area contributed by atoms with Crippen molar-refractivity contribution in [3.05, 3.63) is 24.3 Å². The van der Waals surface area contributed by atoms with E-state index in [9.17, 15) is 17.2 Å². The Morgan fingerprint density at radius 3 is 2.50 bits per heavy atom. The summed E-state index contributed by atoms with van der Waals surface area (Å²) in [7, 11) is -3.44. The molecule has 0 aliphatic rings. The quantitative estimate of drug-likeness (QED) is 0.659. The van der Waals surface area contributed by atoms with Crippen molar-refractivity contribution < 1.29 is 17.2 Å². The lowest BCUT2D eigenvalue weighted by Crippen LogP contribution is -2.32. The molecule has 1 rings (SSSR count). The van der Waals surface area contributed by atoms with Gasteiger partial charge in [-0.2, -0.15) is 0 Å². The molecular weight excluding hydrogens is 352 g/mol. The largest absolute Gasteiger partial charge is 0.364 e. The summed E-state index contributed by atoms with van der Waals surface area (Å²) >= 11 is 3.21. The van der Waals surface area contributed by atoms with Gasteiger partial charge < -0.3 is 4.90 Å². The Morgan fingerprint density at radius 2 is 1.95 bits per heavy atom. The van der Waals surface area contributed by atoms with Crippen LogP contribution in [-0.2, 0) is 9.84 Å². The topological polar surface area (TPSA) is 37.4 Å². The van der Waals surface area contributed by atoms with E-state index in [2.05, 4.69) is 15.9 Å². The highest BCUT2D eigenvalue weighted by Gasteiger charge is 2.22. The summed E-state index contributed by atoms with van der Waals surface area (Å²) in [6.45, 7) is 1.61. The molecule has 1 aromatic carbocycles. The van der Waals surface area contributed by atoms with E-state index < -0.39 is 22.8 Å². The first kappa shape index (κ1) is 17.4. The van der Waals surface area contributed by atoms with E-state index in [1.54, 1.807) is 25.1 Å². The summed E-state index contributed by atoms with van der Waals surface area (Å²) in [6, 6.07) is 6.33. The average molecular weight is 370 g/mol. The maximum Gasteiger partial charge on any atom is 0.255 e. The van der Waals surface area contributed by atoms with Crippen molar-refractivity contribution in [1.82, 2.24) is 0 Å². The van der Waals surface area contributed by atoms with E-state index in [0.29, 0.717) is 24.0 Å². The van der Waals surface area contributed by atoms with Gasteiger partial charge in [0.05, 0.1) is 22.9 Å². The molecule has 20 heavy (non-hydrogen) atoms. The molecule has 0 aromatic heterocycles. The predicted octanol–water partition coefficient (Wildman–Crippen LogP) is 3.34. The monoisotopic (exact) mass is 369 g/mol. The summed E-state index contributed by atoms with van der Waals surface area (Å²) in [5.41, 5.74) is 0.348. The minimum Gasteiger partial charge on any atom is -0.364 e. The van der Waals surface area contributed by atoms with E-state index in [4.69, 9.17) is 0 Å². The molecule has 0 amide bonds. The second-order valence-electron chi connectivity index (χ2n) is 4.31. The van der Waals surface area contributed by atoms with E-state index in [1.807, 2.05) is 0 Å². The van der Waals surface area contributed by atoms with Crippen LogP contribution < -0.4 is 4.90 Å². The third-order valence-corrected chi connectivity index (χ3v) is 5.04. The van der Waals surface area contributed by atoms with Crippen molar-refractivity contribution in [2.75, 3.05) is 29.1 Å². The van der Waals surface area contributed by atoms with Crippen LogP contribution >= 0.6 is 15.9 Å². The number of nitrogens with zero attached hydrogens (tertiary/aromatic N) is 1. The normalized spacial score (nSPS) is 11.8. The van der Waals surface area contributed by atoms with Gasteiger partial charge in [-0.25, -0.2) is 17.2 Å². The molecule has 0 saturated heterocycles. The average Bonchev–Trinajstić information content (AvgIpc) is 2.38. The number of halogens is 3. The maximum atomic E-state index is 12.7. The highest BCUT2D eigenvalue weighted by atomic mass is 79.9. The molecular formula is C13H18BrF2NO2S. The molecule has 0 aliphatic heterocycles. The molecule has 3 nitrogen and oxygen atoms in total. The number of hydrogen-bond donors (Lipinski definition) is 0. The van der Waals surface area contributed by atoms with E-state index in [1.165, 1.54) is 11.0 Å². The lowest BCUT2D eigenvalue weighted by atomic mass is 10.3. The van der Waals surface area contributed by atoms with Crippen LogP contribution in [0.1, 0.15) is 13.3 Å². The summed E-state index contributed by atoms with van der Waals surface area (Å²) in [6.07, 6.45) is -2.03. The second kappa shape index (κ2) is 7.93. The molecule has 0 heterocycles. The fourth-order valence-electron chi connectivity index (χ4n) is 1.94. The highest BCUT2D eigenvalue weighted by Crippen LogP contribution is 2.27. The van der Waals surface area contributed by atoms with Gasteiger partial charge in [0, 0.05) is 11.9 Å². The number of alkyl halides is 3. The molecule has 0 saturated carbocycles. The van der Waals surface area contributed by atoms with Gasteiger partial charge in [0.25, 0.3) is 6.43 Å². The van der Waals surface area contributed by atoms with Crippen LogP contribution in [0, 0.1) is 0 Å². The van der Waals surface area contributed by atoms with E-state index >= 15 is 0 Å². The summed E-state index contributed by atoms with van der Waals surface area (Å²) in [4.78, 5) is 1.53. The molecule has 0 radical (unpaired) electrons. The Balaban J connectivity index is 3.22.